The van der Waals surface area contributed by atoms with Gasteiger partial charge in [-0.15, -0.1) is 0 Å². The summed E-state index contributed by atoms with van der Waals surface area (Å²) < 4.78 is 5.31. The maximum Gasteiger partial charge on any atom is 0.410 e. The highest BCUT2D eigenvalue weighted by atomic mass is 16.6. The summed E-state index contributed by atoms with van der Waals surface area (Å²) in [7, 11) is 0. The molecule has 17 heavy (non-hydrogen) atoms. The van der Waals surface area contributed by atoms with Gasteiger partial charge < -0.3 is 9.64 Å². The topological polar surface area (TPSA) is 46.6 Å². The van der Waals surface area contributed by atoms with Crippen molar-refractivity contribution in [1.82, 2.24) is 4.90 Å². The Bertz CT molecular complexity index is 339. The van der Waals surface area contributed by atoms with Crippen LogP contribution in [0.15, 0.2) is 11.6 Å². The molecule has 0 saturated carbocycles. The molecule has 1 aliphatic heterocycles. The molecule has 4 nitrogen and oxygen atoms in total. The fourth-order valence-corrected chi connectivity index (χ4v) is 1.74. The average molecular weight is 239 g/mol. The van der Waals surface area contributed by atoms with Gasteiger partial charge in [-0.05, 0) is 39.7 Å². The normalized spacial score (nSPS) is 16.5. The lowest BCUT2D eigenvalue weighted by atomic mass is 10.1. The second-order valence-electron chi connectivity index (χ2n) is 5.43. The fourth-order valence-electron chi connectivity index (χ4n) is 1.74. The van der Waals surface area contributed by atoms with Gasteiger partial charge >= 0.3 is 6.09 Å². The summed E-state index contributed by atoms with van der Waals surface area (Å²) in [4.78, 5) is 24.5. The Morgan fingerprint density at radius 3 is 2.59 bits per heavy atom. The Morgan fingerprint density at radius 1 is 1.41 bits per heavy atom. The van der Waals surface area contributed by atoms with Gasteiger partial charge in [0.25, 0.3) is 0 Å². The van der Waals surface area contributed by atoms with E-state index in [9.17, 15) is 9.59 Å². The molecule has 1 heterocycles. The Morgan fingerprint density at radius 2 is 2.06 bits per heavy atom. The molecule has 0 aromatic carbocycles. The van der Waals surface area contributed by atoms with Crippen LogP contribution in [0, 0.1) is 0 Å². The summed E-state index contributed by atoms with van der Waals surface area (Å²) in [6, 6.07) is 0. The van der Waals surface area contributed by atoms with Crippen molar-refractivity contribution in [3.63, 3.8) is 0 Å². The molecule has 1 rings (SSSR count). The van der Waals surface area contributed by atoms with Gasteiger partial charge in [-0.1, -0.05) is 6.08 Å². The number of hydrogen-bond donors (Lipinski definition) is 0. The van der Waals surface area contributed by atoms with Crippen LogP contribution in [0.2, 0.25) is 0 Å². The summed E-state index contributed by atoms with van der Waals surface area (Å²) in [6.45, 7) is 8.28. The number of hydrogen-bond acceptors (Lipinski definition) is 3. The summed E-state index contributed by atoms with van der Waals surface area (Å²) in [6.07, 6.45) is 2.97. The van der Waals surface area contributed by atoms with Gasteiger partial charge in [-0.3, -0.25) is 4.79 Å². The molecule has 0 aromatic rings. The number of Topliss-reactive ketones (excluding diaryl/α,β-unsaturated/α-hetero) is 1. The number of carbonyl (C=O) groups excluding carboxylic acids is 2. The second-order valence-corrected chi connectivity index (χ2v) is 5.43. The number of rotatable bonds is 2. The monoisotopic (exact) mass is 239 g/mol. The predicted molar refractivity (Wildman–Crippen MR) is 65.8 cm³/mol. The maximum atomic E-state index is 11.8. The SMILES string of the molecule is CC(=O)CC1=CCCN(C(=O)OC(C)(C)C)C1. The molecule has 0 saturated heterocycles. The standard InChI is InChI=1S/C13H21NO3/c1-10(15)8-11-6-5-7-14(9-11)12(16)17-13(2,3)4/h6H,5,7-9H2,1-4H3. The van der Waals surface area contributed by atoms with Crippen LogP contribution >= 0.6 is 0 Å². The zero-order chi connectivity index (χ0) is 13.1. The maximum absolute atomic E-state index is 11.8. The van der Waals surface area contributed by atoms with Crippen LogP contribution in [0.5, 0.6) is 0 Å². The molecular weight excluding hydrogens is 218 g/mol. The molecule has 0 aliphatic carbocycles. The predicted octanol–water partition coefficient (Wildman–Crippen LogP) is 2.53. The summed E-state index contributed by atoms with van der Waals surface area (Å²) >= 11 is 0. The van der Waals surface area contributed by atoms with Gasteiger partial charge in [-0.2, -0.15) is 0 Å². The van der Waals surface area contributed by atoms with Gasteiger partial charge in [-0.25, -0.2) is 4.79 Å². The van der Waals surface area contributed by atoms with Crippen LogP contribution in [0.4, 0.5) is 4.79 Å². The first-order chi connectivity index (χ1) is 7.78. The number of amides is 1. The minimum Gasteiger partial charge on any atom is -0.444 e. The van der Waals surface area contributed by atoms with E-state index >= 15 is 0 Å². The van der Waals surface area contributed by atoms with E-state index in [1.165, 1.54) is 0 Å². The zero-order valence-corrected chi connectivity index (χ0v) is 11.1. The van der Waals surface area contributed by atoms with Gasteiger partial charge in [0, 0.05) is 19.5 Å². The van der Waals surface area contributed by atoms with Crippen molar-refractivity contribution in [3.8, 4) is 0 Å². The summed E-state index contributed by atoms with van der Waals surface area (Å²) in [5, 5.41) is 0. The van der Waals surface area contributed by atoms with Gasteiger partial charge in [0.05, 0.1) is 0 Å². The highest BCUT2D eigenvalue weighted by Gasteiger charge is 2.24. The molecule has 0 bridgehead atoms. The molecular formula is C13H21NO3. The van der Waals surface area contributed by atoms with E-state index < -0.39 is 5.60 Å². The van der Waals surface area contributed by atoms with Crippen molar-refractivity contribution in [2.75, 3.05) is 13.1 Å². The molecule has 0 spiro atoms. The lowest BCUT2D eigenvalue weighted by Gasteiger charge is -2.30. The smallest absolute Gasteiger partial charge is 0.410 e. The summed E-state index contributed by atoms with van der Waals surface area (Å²) in [5.74, 6) is 0.127. The number of nitrogens with zero attached hydrogens (tertiary/aromatic N) is 1. The average Bonchev–Trinajstić information content (AvgIpc) is 2.14. The molecule has 0 unspecified atom stereocenters. The fraction of sp³-hybridized carbons (Fsp3) is 0.692. The van der Waals surface area contributed by atoms with Crippen LogP contribution in [0.3, 0.4) is 0 Å². The van der Waals surface area contributed by atoms with Crippen molar-refractivity contribution < 1.29 is 14.3 Å². The Kier molecular flexibility index (Phi) is 4.32. The van der Waals surface area contributed by atoms with Crippen molar-refractivity contribution in [2.45, 2.75) is 46.1 Å². The highest BCUT2D eigenvalue weighted by molar-refractivity contribution is 5.78. The zero-order valence-electron chi connectivity index (χ0n) is 11.1. The molecule has 0 fully saturated rings. The largest absolute Gasteiger partial charge is 0.444 e. The molecule has 0 aromatic heterocycles. The Labute approximate surface area is 103 Å². The van der Waals surface area contributed by atoms with E-state index in [-0.39, 0.29) is 11.9 Å². The third-order valence-electron chi connectivity index (χ3n) is 2.35. The quantitative estimate of drug-likeness (QED) is 0.696. The van der Waals surface area contributed by atoms with Crippen LogP contribution < -0.4 is 0 Å². The summed E-state index contributed by atoms with van der Waals surface area (Å²) in [5.41, 5.74) is 0.536. The number of ketones is 1. The highest BCUT2D eigenvalue weighted by Crippen LogP contribution is 2.17. The minimum absolute atomic E-state index is 0.127. The van der Waals surface area contributed by atoms with Crippen LogP contribution in [-0.2, 0) is 9.53 Å². The molecule has 0 radical (unpaired) electrons. The molecule has 1 aliphatic rings. The third kappa shape index (κ3) is 5.02. The molecule has 0 atom stereocenters. The molecule has 0 N–H and O–H groups in total. The van der Waals surface area contributed by atoms with E-state index in [0.717, 1.165) is 12.0 Å². The van der Waals surface area contributed by atoms with Crippen molar-refractivity contribution in [2.24, 2.45) is 0 Å². The van der Waals surface area contributed by atoms with Crippen molar-refractivity contribution in [3.05, 3.63) is 11.6 Å². The van der Waals surface area contributed by atoms with E-state index in [1.807, 2.05) is 26.8 Å². The lowest BCUT2D eigenvalue weighted by Crippen LogP contribution is -2.40. The van der Waals surface area contributed by atoms with Crippen LogP contribution in [0.25, 0.3) is 0 Å². The molecule has 96 valence electrons. The van der Waals surface area contributed by atoms with Crippen molar-refractivity contribution in [1.29, 1.82) is 0 Å². The first-order valence-corrected chi connectivity index (χ1v) is 5.93. The third-order valence-corrected chi connectivity index (χ3v) is 2.35. The Hall–Kier alpha value is -1.32. The number of ether oxygens (including phenoxy) is 1. The van der Waals surface area contributed by atoms with Gasteiger partial charge in [0.1, 0.15) is 11.4 Å². The van der Waals surface area contributed by atoms with E-state index in [0.29, 0.717) is 19.5 Å². The van der Waals surface area contributed by atoms with Crippen LogP contribution in [0.1, 0.15) is 40.5 Å². The lowest BCUT2D eigenvalue weighted by molar-refractivity contribution is -0.116. The number of carbonyl (C=O) groups is 2. The minimum atomic E-state index is -0.473. The molecule has 4 heteroatoms. The van der Waals surface area contributed by atoms with Gasteiger partial charge in [0.2, 0.25) is 0 Å². The first-order valence-electron chi connectivity index (χ1n) is 5.93. The van der Waals surface area contributed by atoms with E-state index in [2.05, 4.69) is 0 Å². The van der Waals surface area contributed by atoms with Crippen LogP contribution in [-0.4, -0.2) is 35.5 Å². The molecule has 1 amide bonds. The second kappa shape index (κ2) is 5.34. The van der Waals surface area contributed by atoms with E-state index in [1.54, 1.807) is 11.8 Å². The van der Waals surface area contributed by atoms with Gasteiger partial charge in [0.15, 0.2) is 0 Å². The first kappa shape index (κ1) is 13.7. The van der Waals surface area contributed by atoms with E-state index in [4.69, 9.17) is 4.74 Å². The Balaban J connectivity index is 2.55. The van der Waals surface area contributed by atoms with Crippen molar-refractivity contribution >= 4 is 11.9 Å².